The van der Waals surface area contributed by atoms with Gasteiger partial charge in [-0.2, -0.15) is 0 Å². The summed E-state index contributed by atoms with van der Waals surface area (Å²) >= 11 is 0. The van der Waals surface area contributed by atoms with E-state index < -0.39 is 0 Å². The molecule has 2 aliphatic heterocycles. The zero-order valence-corrected chi connectivity index (χ0v) is 54.6. The van der Waals surface area contributed by atoms with Gasteiger partial charge in [-0.15, -0.1) is 0 Å². The fourth-order valence-electron chi connectivity index (χ4n) is 11.2. The van der Waals surface area contributed by atoms with E-state index in [4.69, 9.17) is 18.9 Å². The van der Waals surface area contributed by atoms with Gasteiger partial charge in [-0.05, 0) is 163 Å². The van der Waals surface area contributed by atoms with Crippen molar-refractivity contribution in [3.05, 3.63) is 95.1 Å². The summed E-state index contributed by atoms with van der Waals surface area (Å²) in [6, 6.07) is 15.5. The van der Waals surface area contributed by atoms with Crippen molar-refractivity contribution in [1.29, 1.82) is 0 Å². The molecule has 2 saturated heterocycles. The number of unbranched alkanes of at least 4 members (excludes halogenated alkanes) is 22. The Kier molecular flexibility index (Phi) is 43.8. The minimum Gasteiger partial charge on any atom is -0.465 e. The maximum Gasteiger partial charge on any atom is 0.310 e. The first-order valence-electron chi connectivity index (χ1n) is 34.1. The topological polar surface area (TPSA) is 112 Å². The van der Waals surface area contributed by atoms with Gasteiger partial charge in [0.25, 0.3) is 0 Å². The number of piperidine rings is 2. The predicted molar refractivity (Wildman–Crippen MR) is 353 cm³/mol. The van der Waals surface area contributed by atoms with Gasteiger partial charge in [0.1, 0.15) is 13.2 Å². The Hall–Kier alpha value is -3.58. The van der Waals surface area contributed by atoms with Crippen LogP contribution in [0.15, 0.2) is 72.8 Å². The molecule has 2 aromatic rings. The van der Waals surface area contributed by atoms with Crippen LogP contribution in [-0.4, -0.2) is 97.7 Å². The molecule has 12 heteroatoms. The number of esters is 4. The van der Waals surface area contributed by atoms with E-state index in [0.29, 0.717) is 37.9 Å². The average molecular weight is 1200 g/mol. The van der Waals surface area contributed by atoms with Crippen molar-refractivity contribution in [1.82, 2.24) is 9.80 Å². The van der Waals surface area contributed by atoms with Crippen LogP contribution in [0.4, 0.5) is 0 Å². The number of rotatable bonds is 51. The number of benzene rings is 2. The molecule has 0 amide bonds. The van der Waals surface area contributed by atoms with E-state index in [1.54, 1.807) is 0 Å². The number of allylic oxidation sites excluding steroid dienone is 4. The molecule has 474 valence electrons. The van der Waals surface area contributed by atoms with Gasteiger partial charge < -0.3 is 28.7 Å². The lowest BCUT2D eigenvalue weighted by Crippen LogP contribution is -2.36. The van der Waals surface area contributed by atoms with E-state index in [-0.39, 0.29) is 49.9 Å². The van der Waals surface area contributed by atoms with Crippen LogP contribution in [0.25, 0.3) is 0 Å². The highest BCUT2D eigenvalue weighted by Crippen LogP contribution is 2.26. The van der Waals surface area contributed by atoms with Gasteiger partial charge in [0.15, 0.2) is 0 Å². The summed E-state index contributed by atoms with van der Waals surface area (Å²) in [5.74, 6) is 2.83. The predicted octanol–water partition coefficient (Wildman–Crippen LogP) is 18.3. The van der Waals surface area contributed by atoms with Crippen molar-refractivity contribution in [2.75, 3.05) is 64.0 Å². The van der Waals surface area contributed by atoms with Gasteiger partial charge in [0.2, 0.25) is 0 Å². The zero-order chi connectivity index (χ0) is 59.6. The molecule has 0 radical (unpaired) electrons. The van der Waals surface area contributed by atoms with Crippen molar-refractivity contribution in [2.45, 2.75) is 258 Å². The second-order valence-electron chi connectivity index (χ2n) is 24.2. The molecule has 0 aromatic heterocycles. The Morgan fingerprint density at radius 3 is 1.06 bits per heavy atom. The van der Waals surface area contributed by atoms with Gasteiger partial charge in [-0.25, -0.2) is 0 Å². The molecular weight excluding hydrogens is 1080 g/mol. The molecule has 4 rings (SSSR count). The highest BCUT2D eigenvalue weighted by Gasteiger charge is 2.21. The van der Waals surface area contributed by atoms with Gasteiger partial charge in [-0.3, -0.25) is 19.2 Å². The van der Waals surface area contributed by atoms with E-state index in [2.05, 4.69) is 48.0 Å². The molecule has 2 heterocycles. The summed E-state index contributed by atoms with van der Waals surface area (Å²) in [6.07, 6.45) is 49.5. The second-order valence-corrected chi connectivity index (χ2v) is 26.9. The van der Waals surface area contributed by atoms with Crippen molar-refractivity contribution in [2.24, 2.45) is 11.8 Å². The quantitative estimate of drug-likeness (QED) is 0.0207. The third kappa shape index (κ3) is 39.3. The molecule has 0 bridgehead atoms. The summed E-state index contributed by atoms with van der Waals surface area (Å²) in [6.45, 7) is 12.7. The van der Waals surface area contributed by atoms with E-state index in [1.807, 2.05) is 70.1 Å². The molecule has 0 aliphatic carbocycles. The number of hydrogen-bond acceptors (Lipinski definition) is 12. The summed E-state index contributed by atoms with van der Waals surface area (Å²) in [5, 5.41) is 0. The third-order valence-electron chi connectivity index (χ3n) is 16.9. The normalized spacial score (nSPS) is 14.6. The first-order valence-corrected chi connectivity index (χ1v) is 36.6. The summed E-state index contributed by atoms with van der Waals surface area (Å²) < 4.78 is 22.4. The number of hydrogen-bond donors (Lipinski definition) is 0. The highest BCUT2D eigenvalue weighted by atomic mass is 33.1. The molecule has 0 spiro atoms. The van der Waals surface area contributed by atoms with Crippen LogP contribution in [0.1, 0.15) is 254 Å². The van der Waals surface area contributed by atoms with E-state index in [9.17, 15) is 19.2 Å². The number of carbonyl (C=O) groups is 4. The van der Waals surface area contributed by atoms with Crippen LogP contribution in [0, 0.1) is 11.8 Å². The molecule has 2 fully saturated rings. The average Bonchev–Trinajstić information content (AvgIpc) is 3.61. The van der Waals surface area contributed by atoms with E-state index in [1.165, 1.54) is 141 Å². The number of carbonyl (C=O) groups excluding carboxylic acids is 4. The maximum atomic E-state index is 12.6. The van der Waals surface area contributed by atoms with Crippen molar-refractivity contribution < 1.29 is 38.1 Å². The van der Waals surface area contributed by atoms with E-state index in [0.717, 1.165) is 137 Å². The van der Waals surface area contributed by atoms with Crippen LogP contribution >= 0.6 is 21.6 Å². The minimum absolute atomic E-state index is 0.139. The molecule has 0 unspecified atom stereocenters. The summed E-state index contributed by atoms with van der Waals surface area (Å²) in [7, 11) is 3.99. The molecule has 0 saturated carbocycles. The lowest BCUT2D eigenvalue weighted by Gasteiger charge is -2.32. The van der Waals surface area contributed by atoms with Crippen LogP contribution < -0.4 is 0 Å². The lowest BCUT2D eigenvalue weighted by molar-refractivity contribution is -0.146. The molecule has 10 nitrogen and oxygen atoms in total. The van der Waals surface area contributed by atoms with Gasteiger partial charge in [0.05, 0.1) is 26.1 Å². The number of nitrogens with zero attached hydrogens (tertiary/aromatic N) is 2. The van der Waals surface area contributed by atoms with Crippen molar-refractivity contribution in [3.63, 3.8) is 0 Å². The maximum absolute atomic E-state index is 12.6. The van der Waals surface area contributed by atoms with Gasteiger partial charge in [0, 0.05) is 37.4 Å². The Bertz CT molecular complexity index is 1870. The van der Waals surface area contributed by atoms with Crippen LogP contribution in [0.3, 0.4) is 0 Å². The van der Waals surface area contributed by atoms with Crippen molar-refractivity contribution in [3.8, 4) is 0 Å². The molecule has 2 aliphatic rings. The van der Waals surface area contributed by atoms with Gasteiger partial charge in [-0.1, -0.05) is 211 Å². The zero-order valence-electron chi connectivity index (χ0n) is 53.0. The Morgan fingerprint density at radius 2 is 0.714 bits per heavy atom. The molecule has 84 heavy (non-hydrogen) atoms. The highest BCUT2D eigenvalue weighted by molar-refractivity contribution is 8.76. The fraction of sp³-hybridized carbons (Fsp3) is 0.722. The smallest absolute Gasteiger partial charge is 0.310 e. The Labute approximate surface area is 519 Å². The third-order valence-corrected chi connectivity index (χ3v) is 19.3. The summed E-state index contributed by atoms with van der Waals surface area (Å²) in [5.41, 5.74) is 3.69. The Morgan fingerprint density at radius 1 is 0.405 bits per heavy atom. The molecule has 2 aromatic carbocycles. The lowest BCUT2D eigenvalue weighted by atomic mass is 9.94. The number of likely N-dealkylation sites (tertiary alicyclic amines) is 2. The first kappa shape index (κ1) is 72.9. The van der Waals surface area contributed by atoms with Crippen LogP contribution in [-0.2, 0) is 64.2 Å². The van der Waals surface area contributed by atoms with E-state index >= 15 is 0 Å². The van der Waals surface area contributed by atoms with Crippen LogP contribution in [0.5, 0.6) is 0 Å². The first-order chi connectivity index (χ1) is 41.3. The molecule has 0 N–H and O–H groups in total. The SMILES string of the molecule is CCCCCCCC/C=C\CCCCCCCC(=O)OCc1ccc(CC(=O)OCCC2CCN(CCSSCCN3CCC(CCOC(=O)Cc4ccc(COC(=O)CCCCCCC/C=C\CCCCCCCC)cc4)CC3)CC2)cc1. The standard InChI is InChI=1S/C72H116N2O8S2/c1-3-5-7-9-11-13-15-17-19-21-23-25-27-29-31-33-69(75)81-61-67-39-35-65(36-40-67)59-71(77)79-55-47-63-43-49-73(50-44-63)53-57-83-84-58-54-74-51-45-64(46-52-74)48-56-80-72(78)60-66-37-41-68(42-38-66)62-82-70(76)34-32-30-28-26-24-22-20-18-16-14-12-10-8-6-4-2/h17-20,35-42,63-64H,3-16,21-34,43-62H2,1-2H3/b19-17-,20-18-. The summed E-state index contributed by atoms with van der Waals surface area (Å²) in [4.78, 5) is 55.1. The second kappa shape index (κ2) is 50.4. The molecule has 0 atom stereocenters. The molecular formula is C72H116N2O8S2. The fourth-order valence-corrected chi connectivity index (χ4v) is 13.3. The van der Waals surface area contributed by atoms with Crippen molar-refractivity contribution >= 4 is 45.5 Å². The monoisotopic (exact) mass is 1200 g/mol. The minimum atomic E-state index is -0.186. The number of ether oxygens (including phenoxy) is 4. The Balaban J connectivity index is 0.878. The van der Waals surface area contributed by atoms with Gasteiger partial charge >= 0.3 is 23.9 Å². The largest absolute Gasteiger partial charge is 0.465 e. The van der Waals surface area contributed by atoms with Crippen LogP contribution in [0.2, 0.25) is 0 Å².